The van der Waals surface area contributed by atoms with Crippen LogP contribution in [0.4, 0.5) is 0 Å². The van der Waals surface area contributed by atoms with Crippen molar-refractivity contribution < 1.29 is 5.11 Å². The minimum Gasteiger partial charge on any atom is -0.385 e. The lowest BCUT2D eigenvalue weighted by Gasteiger charge is -2.09. The van der Waals surface area contributed by atoms with Crippen molar-refractivity contribution in [3.05, 3.63) is 35.2 Å². The van der Waals surface area contributed by atoms with Gasteiger partial charge in [0.25, 0.3) is 0 Å². The number of hydrogen-bond acceptors (Lipinski definition) is 3. The van der Waals surface area contributed by atoms with Crippen molar-refractivity contribution in [2.24, 2.45) is 0 Å². The van der Waals surface area contributed by atoms with Gasteiger partial charge in [0.05, 0.1) is 5.69 Å². The fourth-order valence-electron chi connectivity index (χ4n) is 1.57. The summed E-state index contributed by atoms with van der Waals surface area (Å²) in [6.07, 6.45) is 1.18. The zero-order valence-corrected chi connectivity index (χ0v) is 9.07. The number of pyridine rings is 1. The summed E-state index contributed by atoms with van der Waals surface area (Å²) < 4.78 is 1.80. The summed E-state index contributed by atoms with van der Waals surface area (Å²) in [5.74, 6) is 0. The van der Waals surface area contributed by atoms with E-state index >= 15 is 0 Å². The highest BCUT2D eigenvalue weighted by atomic mass is 35.5. The number of rotatable bonds is 3. The van der Waals surface area contributed by atoms with Crippen LogP contribution in [0.5, 0.6) is 0 Å². The number of aliphatic hydroxyl groups is 1. The van der Waals surface area contributed by atoms with Gasteiger partial charge in [0, 0.05) is 12.7 Å². The first-order chi connectivity index (χ1) is 7.24. The van der Waals surface area contributed by atoms with Crippen molar-refractivity contribution in [2.45, 2.75) is 6.10 Å². The minimum absolute atomic E-state index is 0.351. The third kappa shape index (κ3) is 1.84. The molecule has 0 bridgehead atoms. The SMILES string of the molecule is CNCC(O)c1c(Cl)nc2ccccn12. The molecule has 2 rings (SSSR count). The molecule has 1 unspecified atom stereocenters. The predicted octanol–water partition coefficient (Wildman–Crippen LogP) is 1.24. The molecule has 0 spiro atoms. The Kier molecular flexibility index (Phi) is 2.90. The van der Waals surface area contributed by atoms with Gasteiger partial charge in [-0.2, -0.15) is 0 Å². The number of likely N-dealkylation sites (N-methyl/N-ethyl adjacent to an activating group) is 1. The van der Waals surface area contributed by atoms with Crippen molar-refractivity contribution in [3.8, 4) is 0 Å². The van der Waals surface area contributed by atoms with Gasteiger partial charge in [0.15, 0.2) is 5.15 Å². The molecule has 2 aromatic rings. The number of hydrogen-bond donors (Lipinski definition) is 2. The predicted molar refractivity (Wildman–Crippen MR) is 59.1 cm³/mol. The fraction of sp³-hybridized carbons (Fsp3) is 0.300. The molecule has 0 aliphatic rings. The minimum atomic E-state index is -0.653. The highest BCUT2D eigenvalue weighted by molar-refractivity contribution is 6.30. The first kappa shape index (κ1) is 10.4. The van der Waals surface area contributed by atoms with Gasteiger partial charge in [0.1, 0.15) is 11.8 Å². The van der Waals surface area contributed by atoms with Crippen molar-refractivity contribution in [3.63, 3.8) is 0 Å². The van der Waals surface area contributed by atoms with E-state index in [-0.39, 0.29) is 0 Å². The van der Waals surface area contributed by atoms with E-state index in [2.05, 4.69) is 10.3 Å². The summed E-state index contributed by atoms with van der Waals surface area (Å²) >= 11 is 5.98. The standard InChI is InChI=1S/C10H12ClN3O/c1-12-6-7(15)9-10(11)13-8-4-2-3-5-14(8)9/h2-5,7,12,15H,6H2,1H3. The molecular weight excluding hydrogens is 214 g/mol. The van der Waals surface area contributed by atoms with Crippen LogP contribution in [0.15, 0.2) is 24.4 Å². The molecule has 0 aromatic carbocycles. The maximum atomic E-state index is 9.88. The molecule has 0 radical (unpaired) electrons. The lowest BCUT2D eigenvalue weighted by molar-refractivity contribution is 0.172. The molecule has 2 heterocycles. The Hall–Kier alpha value is -1.10. The van der Waals surface area contributed by atoms with Crippen LogP contribution in [-0.4, -0.2) is 28.1 Å². The van der Waals surface area contributed by atoms with E-state index in [1.807, 2.05) is 24.4 Å². The van der Waals surface area contributed by atoms with Crippen LogP contribution in [0.2, 0.25) is 5.15 Å². The van der Waals surface area contributed by atoms with Gasteiger partial charge in [0.2, 0.25) is 0 Å². The van der Waals surface area contributed by atoms with E-state index < -0.39 is 6.10 Å². The average molecular weight is 226 g/mol. The van der Waals surface area contributed by atoms with Crippen molar-refractivity contribution >= 4 is 17.2 Å². The van der Waals surface area contributed by atoms with Crippen LogP contribution in [-0.2, 0) is 0 Å². The van der Waals surface area contributed by atoms with Crippen LogP contribution in [0, 0.1) is 0 Å². The maximum Gasteiger partial charge on any atom is 0.154 e. The number of fused-ring (bicyclic) bond motifs is 1. The third-order valence-corrected chi connectivity index (χ3v) is 2.51. The largest absolute Gasteiger partial charge is 0.385 e. The van der Waals surface area contributed by atoms with E-state index in [4.69, 9.17) is 11.6 Å². The Labute approximate surface area is 92.5 Å². The van der Waals surface area contributed by atoms with Gasteiger partial charge >= 0.3 is 0 Å². The van der Waals surface area contributed by atoms with Gasteiger partial charge in [-0.15, -0.1) is 0 Å². The number of aliphatic hydroxyl groups excluding tert-OH is 1. The van der Waals surface area contributed by atoms with Gasteiger partial charge in [-0.25, -0.2) is 4.98 Å². The molecule has 0 saturated heterocycles. The molecule has 0 fully saturated rings. The van der Waals surface area contributed by atoms with Crippen molar-refractivity contribution in [1.29, 1.82) is 0 Å². The van der Waals surface area contributed by atoms with E-state index in [1.54, 1.807) is 11.4 Å². The monoisotopic (exact) mass is 225 g/mol. The molecule has 4 nitrogen and oxygen atoms in total. The van der Waals surface area contributed by atoms with Gasteiger partial charge in [-0.1, -0.05) is 17.7 Å². The molecule has 1 atom stereocenters. The summed E-state index contributed by atoms with van der Waals surface area (Å²) in [5, 5.41) is 13.1. The zero-order valence-electron chi connectivity index (χ0n) is 8.31. The molecule has 2 N–H and O–H groups in total. The van der Waals surface area contributed by atoms with Crippen LogP contribution in [0.3, 0.4) is 0 Å². The molecular formula is C10H12ClN3O. The van der Waals surface area contributed by atoms with Gasteiger partial charge < -0.3 is 10.4 Å². The van der Waals surface area contributed by atoms with Crippen LogP contribution in [0.1, 0.15) is 11.8 Å². The quantitative estimate of drug-likeness (QED) is 0.827. The van der Waals surface area contributed by atoms with Crippen molar-refractivity contribution in [2.75, 3.05) is 13.6 Å². The Bertz CT molecular complexity index is 469. The van der Waals surface area contributed by atoms with Gasteiger partial charge in [-0.05, 0) is 19.2 Å². The summed E-state index contributed by atoms with van der Waals surface area (Å²) in [4.78, 5) is 4.16. The van der Waals surface area contributed by atoms with Crippen LogP contribution < -0.4 is 5.32 Å². The summed E-state index contributed by atoms with van der Waals surface area (Å²) in [6, 6.07) is 5.61. The molecule has 0 aliphatic carbocycles. The highest BCUT2D eigenvalue weighted by Crippen LogP contribution is 2.23. The Morgan fingerprint density at radius 3 is 3.13 bits per heavy atom. The summed E-state index contributed by atoms with van der Waals surface area (Å²) in [6.45, 7) is 0.447. The van der Waals surface area contributed by atoms with Crippen LogP contribution in [0.25, 0.3) is 5.65 Å². The summed E-state index contributed by atoms with van der Waals surface area (Å²) in [5.41, 5.74) is 1.37. The topological polar surface area (TPSA) is 49.6 Å². The molecule has 80 valence electrons. The second kappa shape index (κ2) is 4.18. The Morgan fingerprint density at radius 2 is 2.40 bits per heavy atom. The number of halogens is 1. The Morgan fingerprint density at radius 1 is 1.60 bits per heavy atom. The Balaban J connectivity index is 2.53. The zero-order chi connectivity index (χ0) is 10.8. The average Bonchev–Trinajstić information content (AvgIpc) is 2.54. The summed E-state index contributed by atoms with van der Waals surface area (Å²) in [7, 11) is 1.78. The van der Waals surface area contributed by atoms with E-state index in [9.17, 15) is 5.11 Å². The smallest absolute Gasteiger partial charge is 0.154 e. The number of nitrogens with one attached hydrogen (secondary N) is 1. The molecule has 0 saturated carbocycles. The van der Waals surface area contributed by atoms with E-state index in [0.29, 0.717) is 17.4 Å². The molecule has 2 aromatic heterocycles. The van der Waals surface area contributed by atoms with E-state index in [0.717, 1.165) is 5.65 Å². The third-order valence-electron chi connectivity index (χ3n) is 2.24. The molecule has 0 amide bonds. The first-order valence-corrected chi connectivity index (χ1v) is 5.07. The maximum absolute atomic E-state index is 9.88. The fourth-order valence-corrected chi connectivity index (χ4v) is 1.88. The van der Waals surface area contributed by atoms with Crippen LogP contribution >= 0.6 is 11.6 Å². The second-order valence-corrected chi connectivity index (χ2v) is 3.65. The second-order valence-electron chi connectivity index (χ2n) is 3.29. The lowest BCUT2D eigenvalue weighted by Crippen LogP contribution is -2.18. The lowest BCUT2D eigenvalue weighted by atomic mass is 10.2. The highest BCUT2D eigenvalue weighted by Gasteiger charge is 2.17. The molecule has 0 aliphatic heterocycles. The molecule has 15 heavy (non-hydrogen) atoms. The number of nitrogens with zero attached hydrogens (tertiary/aromatic N) is 2. The van der Waals surface area contributed by atoms with Gasteiger partial charge in [-0.3, -0.25) is 4.40 Å². The normalized spacial score (nSPS) is 13.3. The number of aromatic nitrogens is 2. The first-order valence-electron chi connectivity index (χ1n) is 4.69. The van der Waals surface area contributed by atoms with E-state index in [1.165, 1.54) is 0 Å². The number of imidazole rings is 1. The van der Waals surface area contributed by atoms with Crippen molar-refractivity contribution in [1.82, 2.24) is 14.7 Å². The molecule has 5 heteroatoms.